The van der Waals surface area contributed by atoms with E-state index in [0.717, 1.165) is 26.5 Å². The second kappa shape index (κ2) is 7.64. The van der Waals surface area contributed by atoms with Crippen LogP contribution >= 0.6 is 39.1 Å². The monoisotopic (exact) mass is 385 g/mol. The van der Waals surface area contributed by atoms with E-state index < -0.39 is 0 Å². The summed E-state index contributed by atoms with van der Waals surface area (Å²) in [6.45, 7) is 4.31. The predicted molar refractivity (Wildman–Crippen MR) is 95.3 cm³/mol. The molecule has 0 aliphatic heterocycles. The fraction of sp³-hybridized carbons (Fsp3) is 0.294. The zero-order valence-electron chi connectivity index (χ0n) is 12.0. The van der Waals surface area contributed by atoms with Crippen LogP contribution in [0.4, 0.5) is 0 Å². The van der Waals surface area contributed by atoms with Crippen LogP contribution in [0.1, 0.15) is 31.0 Å². The van der Waals surface area contributed by atoms with Gasteiger partial charge < -0.3 is 5.32 Å². The molecule has 0 spiro atoms. The largest absolute Gasteiger partial charge is 0.307 e. The van der Waals surface area contributed by atoms with Crippen LogP contribution < -0.4 is 5.32 Å². The van der Waals surface area contributed by atoms with Crippen molar-refractivity contribution >= 4 is 39.1 Å². The van der Waals surface area contributed by atoms with Crippen molar-refractivity contribution in [3.8, 4) is 0 Å². The highest BCUT2D eigenvalue weighted by Gasteiger charge is 2.13. The first-order valence-corrected chi connectivity index (χ1v) is 8.46. The van der Waals surface area contributed by atoms with Crippen LogP contribution in [-0.2, 0) is 6.42 Å². The van der Waals surface area contributed by atoms with Gasteiger partial charge in [-0.3, -0.25) is 0 Å². The third-order valence-corrected chi connectivity index (χ3v) is 4.49. The van der Waals surface area contributed by atoms with Crippen molar-refractivity contribution in [1.82, 2.24) is 5.32 Å². The van der Waals surface area contributed by atoms with Crippen LogP contribution in [0.25, 0.3) is 0 Å². The van der Waals surface area contributed by atoms with Crippen molar-refractivity contribution in [1.29, 1.82) is 0 Å². The Kier molecular flexibility index (Phi) is 6.12. The number of benzene rings is 2. The summed E-state index contributed by atoms with van der Waals surface area (Å²) in [6.07, 6.45) is 0.954. The van der Waals surface area contributed by atoms with E-state index in [4.69, 9.17) is 23.2 Å². The fourth-order valence-corrected chi connectivity index (χ4v) is 3.37. The molecule has 0 aliphatic rings. The van der Waals surface area contributed by atoms with Gasteiger partial charge in [-0.2, -0.15) is 0 Å². The summed E-state index contributed by atoms with van der Waals surface area (Å²) < 4.78 is 0.998. The maximum absolute atomic E-state index is 6.30. The molecule has 2 aromatic rings. The summed E-state index contributed by atoms with van der Waals surface area (Å²) in [5, 5.41) is 5.14. The van der Waals surface area contributed by atoms with Gasteiger partial charge in [0.2, 0.25) is 0 Å². The normalized spacial score (nSPS) is 14.0. The second-order valence-corrected chi connectivity index (χ2v) is 7.05. The minimum absolute atomic E-state index is 0.202. The van der Waals surface area contributed by atoms with Gasteiger partial charge in [0.15, 0.2) is 0 Å². The van der Waals surface area contributed by atoms with Crippen molar-refractivity contribution in [3.63, 3.8) is 0 Å². The molecule has 0 amide bonds. The quantitative estimate of drug-likeness (QED) is 0.660. The topological polar surface area (TPSA) is 12.0 Å². The number of nitrogens with one attached hydrogen (secondary N) is 1. The Morgan fingerprint density at radius 3 is 2.33 bits per heavy atom. The molecule has 0 bridgehead atoms. The molecule has 0 heterocycles. The van der Waals surface area contributed by atoms with Crippen LogP contribution in [-0.4, -0.2) is 6.04 Å². The number of hydrogen-bond donors (Lipinski definition) is 1. The Hall–Kier alpha value is -0.540. The van der Waals surface area contributed by atoms with E-state index in [2.05, 4.69) is 53.3 Å². The fourth-order valence-electron chi connectivity index (χ4n) is 2.40. The van der Waals surface area contributed by atoms with Crippen molar-refractivity contribution < 1.29 is 0 Å². The summed E-state index contributed by atoms with van der Waals surface area (Å²) in [5.74, 6) is 0. The maximum atomic E-state index is 6.30. The van der Waals surface area contributed by atoms with E-state index in [1.807, 2.05) is 24.3 Å². The third kappa shape index (κ3) is 5.00. The summed E-state index contributed by atoms with van der Waals surface area (Å²) in [4.78, 5) is 0. The molecule has 0 fully saturated rings. The van der Waals surface area contributed by atoms with Crippen LogP contribution in [0.15, 0.2) is 46.9 Å². The molecule has 1 N–H and O–H groups in total. The molecule has 2 aromatic carbocycles. The Balaban J connectivity index is 1.98. The molecule has 0 saturated heterocycles. The average molecular weight is 387 g/mol. The number of rotatable bonds is 5. The minimum Gasteiger partial charge on any atom is -0.307 e. The van der Waals surface area contributed by atoms with Gasteiger partial charge in [0.25, 0.3) is 0 Å². The molecule has 21 heavy (non-hydrogen) atoms. The van der Waals surface area contributed by atoms with Crippen molar-refractivity contribution in [2.24, 2.45) is 0 Å². The number of hydrogen-bond acceptors (Lipinski definition) is 1. The Morgan fingerprint density at radius 2 is 1.71 bits per heavy atom. The summed E-state index contributed by atoms with van der Waals surface area (Å²) in [5.41, 5.74) is 2.39. The molecule has 0 aromatic heterocycles. The van der Waals surface area contributed by atoms with Gasteiger partial charge in [0, 0.05) is 26.6 Å². The minimum atomic E-state index is 0.202. The first-order valence-electron chi connectivity index (χ1n) is 6.91. The van der Waals surface area contributed by atoms with Gasteiger partial charge in [-0.1, -0.05) is 57.3 Å². The lowest BCUT2D eigenvalue weighted by atomic mass is 10.0. The first kappa shape index (κ1) is 16.8. The summed E-state index contributed by atoms with van der Waals surface area (Å²) in [6, 6.07) is 14.5. The van der Waals surface area contributed by atoms with Gasteiger partial charge in [-0.05, 0) is 55.7 Å². The van der Waals surface area contributed by atoms with Gasteiger partial charge in [-0.25, -0.2) is 0 Å². The van der Waals surface area contributed by atoms with Gasteiger partial charge in [-0.15, -0.1) is 0 Å². The Bertz CT molecular complexity index is 598. The van der Waals surface area contributed by atoms with E-state index in [1.165, 1.54) is 5.56 Å². The lowest BCUT2D eigenvalue weighted by Gasteiger charge is -2.21. The van der Waals surface area contributed by atoms with Crippen LogP contribution in [0.2, 0.25) is 10.0 Å². The highest BCUT2D eigenvalue weighted by Crippen LogP contribution is 2.26. The van der Waals surface area contributed by atoms with Gasteiger partial charge >= 0.3 is 0 Å². The second-order valence-electron chi connectivity index (χ2n) is 5.29. The smallest absolute Gasteiger partial charge is 0.0464 e. The molecule has 2 rings (SSSR count). The first-order chi connectivity index (χ1) is 9.95. The number of halogens is 3. The third-order valence-electron chi connectivity index (χ3n) is 3.42. The molecule has 112 valence electrons. The predicted octanol–water partition coefficient (Wildman–Crippen LogP) is 6.04. The average Bonchev–Trinajstić information content (AvgIpc) is 2.41. The van der Waals surface area contributed by atoms with E-state index in [0.29, 0.717) is 6.04 Å². The molecule has 2 atom stereocenters. The molecule has 0 radical (unpaired) electrons. The Labute approximate surface area is 144 Å². The van der Waals surface area contributed by atoms with Crippen molar-refractivity contribution in [2.45, 2.75) is 32.4 Å². The SMILES string of the molecule is CC(Cc1ccc(Cl)cc1)NC(C)c1ccc(Br)cc1Cl. The van der Waals surface area contributed by atoms with Crippen LogP contribution in [0, 0.1) is 0 Å². The van der Waals surface area contributed by atoms with E-state index in [9.17, 15) is 0 Å². The standard InChI is InChI=1S/C17H18BrCl2N/c1-11(9-13-3-6-15(19)7-4-13)21-12(2)16-8-5-14(18)10-17(16)20/h3-8,10-12,21H,9H2,1-2H3. The molecule has 4 heteroatoms. The lowest BCUT2D eigenvalue weighted by molar-refractivity contribution is 0.477. The molecular formula is C17H18BrCl2N. The van der Waals surface area contributed by atoms with Crippen molar-refractivity contribution in [2.75, 3.05) is 0 Å². The van der Waals surface area contributed by atoms with Gasteiger partial charge in [0.1, 0.15) is 0 Å². The molecule has 0 aliphatic carbocycles. The maximum Gasteiger partial charge on any atom is 0.0464 e. The van der Waals surface area contributed by atoms with Gasteiger partial charge in [0.05, 0.1) is 0 Å². The molecule has 2 unspecified atom stereocenters. The van der Waals surface area contributed by atoms with E-state index in [1.54, 1.807) is 0 Å². The zero-order chi connectivity index (χ0) is 15.4. The molecule has 0 saturated carbocycles. The molecular weight excluding hydrogens is 369 g/mol. The summed E-state index contributed by atoms with van der Waals surface area (Å²) >= 11 is 15.6. The lowest BCUT2D eigenvalue weighted by Crippen LogP contribution is -2.30. The van der Waals surface area contributed by atoms with Crippen LogP contribution in [0.5, 0.6) is 0 Å². The summed E-state index contributed by atoms with van der Waals surface area (Å²) in [7, 11) is 0. The van der Waals surface area contributed by atoms with Crippen molar-refractivity contribution in [3.05, 3.63) is 68.1 Å². The zero-order valence-corrected chi connectivity index (χ0v) is 15.1. The van der Waals surface area contributed by atoms with Crippen LogP contribution in [0.3, 0.4) is 0 Å². The van der Waals surface area contributed by atoms with E-state index in [-0.39, 0.29) is 6.04 Å². The Morgan fingerprint density at radius 1 is 1.05 bits per heavy atom. The highest BCUT2D eigenvalue weighted by atomic mass is 79.9. The molecule has 1 nitrogen and oxygen atoms in total. The van der Waals surface area contributed by atoms with E-state index >= 15 is 0 Å². The highest BCUT2D eigenvalue weighted by molar-refractivity contribution is 9.10.